The van der Waals surface area contributed by atoms with E-state index in [4.69, 9.17) is 4.52 Å². The first kappa shape index (κ1) is 16.1. The fraction of sp³-hybridized carbons (Fsp3) is 0.786. The molecule has 3 aliphatic rings. The zero-order chi connectivity index (χ0) is 14.2. The number of likely N-dealkylation sites (tertiary alicyclic amines) is 1. The van der Waals surface area contributed by atoms with Gasteiger partial charge < -0.3 is 9.42 Å². The van der Waals surface area contributed by atoms with E-state index in [1.807, 2.05) is 4.90 Å². The highest BCUT2D eigenvalue weighted by atomic mass is 35.5. The van der Waals surface area contributed by atoms with E-state index in [1.54, 1.807) is 11.8 Å². The molecule has 6 nitrogen and oxygen atoms in total. The van der Waals surface area contributed by atoms with Crippen molar-refractivity contribution in [3.05, 3.63) is 11.7 Å². The van der Waals surface area contributed by atoms with Crippen LogP contribution in [0.25, 0.3) is 0 Å². The van der Waals surface area contributed by atoms with Gasteiger partial charge >= 0.3 is 0 Å². The van der Waals surface area contributed by atoms with Crippen molar-refractivity contribution in [2.45, 2.75) is 43.6 Å². The first-order valence-corrected chi connectivity index (χ1v) is 8.90. The zero-order valence-corrected chi connectivity index (χ0v) is 14.0. The summed E-state index contributed by atoms with van der Waals surface area (Å²) in [5, 5.41) is 7.41. The van der Waals surface area contributed by atoms with Crippen LogP contribution in [0.4, 0.5) is 0 Å². The number of halogens is 1. The van der Waals surface area contributed by atoms with E-state index in [9.17, 15) is 4.79 Å². The van der Waals surface area contributed by atoms with Crippen molar-refractivity contribution in [3.8, 4) is 0 Å². The summed E-state index contributed by atoms with van der Waals surface area (Å²) in [7, 11) is 0. The van der Waals surface area contributed by atoms with E-state index in [1.165, 1.54) is 12.8 Å². The maximum Gasteiger partial charge on any atom is 0.240 e. The molecule has 2 unspecified atom stereocenters. The van der Waals surface area contributed by atoms with Gasteiger partial charge in [-0.3, -0.25) is 10.1 Å². The van der Waals surface area contributed by atoms with Crippen LogP contribution in [0.1, 0.15) is 49.2 Å². The number of aromatic nitrogens is 2. The fourth-order valence-electron chi connectivity index (χ4n) is 3.07. The summed E-state index contributed by atoms with van der Waals surface area (Å²) in [5.74, 6) is 4.30. The van der Waals surface area contributed by atoms with Crippen molar-refractivity contribution in [3.63, 3.8) is 0 Å². The number of carbonyl (C=O) groups excluding carboxylic acids is 1. The van der Waals surface area contributed by atoms with Crippen LogP contribution < -0.4 is 5.32 Å². The smallest absolute Gasteiger partial charge is 0.240 e. The second-order valence-electron chi connectivity index (χ2n) is 6.16. The molecule has 22 heavy (non-hydrogen) atoms. The van der Waals surface area contributed by atoms with E-state index in [0.29, 0.717) is 5.92 Å². The lowest BCUT2D eigenvalue weighted by molar-refractivity contribution is -0.133. The molecular weight excluding hydrogens is 324 g/mol. The van der Waals surface area contributed by atoms with E-state index in [0.717, 1.165) is 49.3 Å². The molecular formula is C14H21ClN4O2S. The van der Waals surface area contributed by atoms with Gasteiger partial charge in [0, 0.05) is 36.6 Å². The average molecular weight is 345 g/mol. The Labute approximate surface area is 140 Å². The van der Waals surface area contributed by atoms with Gasteiger partial charge in [-0.1, -0.05) is 5.16 Å². The monoisotopic (exact) mass is 344 g/mol. The van der Waals surface area contributed by atoms with Crippen LogP contribution in [0.5, 0.6) is 0 Å². The first-order valence-electron chi connectivity index (χ1n) is 7.74. The second kappa shape index (κ2) is 6.76. The number of nitrogens with zero attached hydrogens (tertiary/aromatic N) is 3. The molecule has 8 heteroatoms. The normalized spacial score (nSPS) is 28.5. The number of carbonyl (C=O) groups is 1. The standard InChI is InChI=1S/C14H20N4O2S.ClH/c19-14(11-7-21-8-15-11)18-5-1-2-10(6-18)12-16-13(20-17-12)9-3-4-9;/h9-11,15H,1-8H2;1H. The molecule has 0 bridgehead atoms. The second-order valence-corrected chi connectivity index (χ2v) is 7.19. The van der Waals surface area contributed by atoms with Crippen LogP contribution in [-0.2, 0) is 4.79 Å². The highest BCUT2D eigenvalue weighted by Crippen LogP contribution is 2.39. The first-order chi connectivity index (χ1) is 10.3. The summed E-state index contributed by atoms with van der Waals surface area (Å²) in [6.45, 7) is 1.58. The maximum atomic E-state index is 12.5. The number of hydrogen-bond acceptors (Lipinski definition) is 6. The Morgan fingerprint density at radius 2 is 2.18 bits per heavy atom. The zero-order valence-electron chi connectivity index (χ0n) is 12.4. The highest BCUT2D eigenvalue weighted by molar-refractivity contribution is 7.99. The predicted molar refractivity (Wildman–Crippen MR) is 86.3 cm³/mol. The lowest BCUT2D eigenvalue weighted by Crippen LogP contribution is -2.48. The van der Waals surface area contributed by atoms with E-state index in [2.05, 4.69) is 15.5 Å². The van der Waals surface area contributed by atoms with Crippen molar-refractivity contribution in [2.24, 2.45) is 0 Å². The molecule has 2 saturated heterocycles. The van der Waals surface area contributed by atoms with Crippen LogP contribution >= 0.6 is 24.2 Å². The van der Waals surface area contributed by atoms with Crippen LogP contribution in [-0.4, -0.2) is 51.7 Å². The molecule has 0 radical (unpaired) electrons. The Morgan fingerprint density at radius 1 is 1.32 bits per heavy atom. The molecule has 2 atom stereocenters. The van der Waals surface area contributed by atoms with Gasteiger partial charge in [0.25, 0.3) is 0 Å². The summed E-state index contributed by atoms with van der Waals surface area (Å²) in [5.41, 5.74) is 0. The fourth-order valence-corrected chi connectivity index (χ4v) is 4.00. The average Bonchev–Trinajstić information content (AvgIpc) is 3.05. The Balaban J connectivity index is 0.00000144. The summed E-state index contributed by atoms with van der Waals surface area (Å²) in [6.07, 6.45) is 4.40. The predicted octanol–water partition coefficient (Wildman–Crippen LogP) is 1.74. The Bertz CT molecular complexity index is 531. The van der Waals surface area contributed by atoms with Crippen molar-refractivity contribution >= 4 is 30.1 Å². The van der Waals surface area contributed by atoms with Gasteiger partial charge in [-0.25, -0.2) is 0 Å². The molecule has 1 amide bonds. The lowest BCUT2D eigenvalue weighted by Gasteiger charge is -2.32. The Morgan fingerprint density at radius 3 is 2.91 bits per heavy atom. The Hall–Kier alpha value is -0.790. The largest absolute Gasteiger partial charge is 0.341 e. The summed E-state index contributed by atoms with van der Waals surface area (Å²) < 4.78 is 5.36. The van der Waals surface area contributed by atoms with Gasteiger partial charge in [0.2, 0.25) is 11.8 Å². The van der Waals surface area contributed by atoms with Gasteiger partial charge in [0.1, 0.15) is 0 Å². The van der Waals surface area contributed by atoms with Gasteiger partial charge in [0.05, 0.1) is 6.04 Å². The molecule has 2 aliphatic heterocycles. The van der Waals surface area contributed by atoms with Gasteiger partial charge in [-0.05, 0) is 25.7 Å². The molecule has 3 fully saturated rings. The van der Waals surface area contributed by atoms with Crippen molar-refractivity contribution in [2.75, 3.05) is 24.7 Å². The number of piperidine rings is 1. The molecule has 1 saturated carbocycles. The number of nitrogens with one attached hydrogen (secondary N) is 1. The molecule has 1 aromatic rings. The molecule has 0 spiro atoms. The number of rotatable bonds is 3. The molecule has 122 valence electrons. The summed E-state index contributed by atoms with van der Waals surface area (Å²) >= 11 is 1.79. The minimum atomic E-state index is -0.0129. The molecule has 4 rings (SSSR count). The topological polar surface area (TPSA) is 71.3 Å². The summed E-state index contributed by atoms with van der Waals surface area (Å²) in [4.78, 5) is 19.0. The minimum absolute atomic E-state index is 0. The van der Waals surface area contributed by atoms with Crippen LogP contribution in [0, 0.1) is 0 Å². The van der Waals surface area contributed by atoms with E-state index in [-0.39, 0.29) is 30.3 Å². The maximum absolute atomic E-state index is 12.5. The van der Waals surface area contributed by atoms with Crippen LogP contribution in [0.2, 0.25) is 0 Å². The van der Waals surface area contributed by atoms with E-state index < -0.39 is 0 Å². The van der Waals surface area contributed by atoms with Gasteiger partial charge in [0.15, 0.2) is 5.82 Å². The molecule has 1 aliphatic carbocycles. The minimum Gasteiger partial charge on any atom is -0.341 e. The number of amides is 1. The van der Waals surface area contributed by atoms with Crippen molar-refractivity contribution in [1.29, 1.82) is 0 Å². The molecule has 1 N–H and O–H groups in total. The van der Waals surface area contributed by atoms with E-state index >= 15 is 0 Å². The SMILES string of the molecule is Cl.O=C(C1CSCN1)N1CCCC(c2noc(C3CC3)n2)C1. The molecule has 3 heterocycles. The molecule has 0 aromatic carbocycles. The summed E-state index contributed by atoms with van der Waals surface area (Å²) in [6, 6.07) is -0.0129. The quantitative estimate of drug-likeness (QED) is 0.900. The van der Waals surface area contributed by atoms with Gasteiger partial charge in [-0.15, -0.1) is 24.2 Å². The highest BCUT2D eigenvalue weighted by Gasteiger charge is 2.34. The number of thioether (sulfide) groups is 1. The lowest BCUT2D eigenvalue weighted by atomic mass is 9.97. The third-order valence-electron chi connectivity index (χ3n) is 4.50. The van der Waals surface area contributed by atoms with Gasteiger partial charge in [-0.2, -0.15) is 4.98 Å². The third kappa shape index (κ3) is 3.26. The van der Waals surface area contributed by atoms with Crippen molar-refractivity contribution < 1.29 is 9.32 Å². The third-order valence-corrected chi connectivity index (χ3v) is 5.44. The van der Waals surface area contributed by atoms with Crippen LogP contribution in [0.3, 0.4) is 0 Å². The number of hydrogen-bond donors (Lipinski definition) is 1. The molecule has 1 aromatic heterocycles. The van der Waals surface area contributed by atoms with Crippen molar-refractivity contribution in [1.82, 2.24) is 20.4 Å². The van der Waals surface area contributed by atoms with Crippen LogP contribution in [0.15, 0.2) is 4.52 Å². The Kier molecular flexibility index (Phi) is 4.94.